The van der Waals surface area contributed by atoms with Crippen LogP contribution in [0.5, 0.6) is 5.75 Å². The van der Waals surface area contributed by atoms with E-state index in [2.05, 4.69) is 10.9 Å². The maximum atomic E-state index is 12.6. The van der Waals surface area contributed by atoms with E-state index in [0.29, 0.717) is 18.8 Å². The van der Waals surface area contributed by atoms with Crippen molar-refractivity contribution in [2.75, 3.05) is 19.7 Å². The van der Waals surface area contributed by atoms with Crippen LogP contribution in [0.4, 0.5) is 0 Å². The predicted octanol–water partition coefficient (Wildman–Crippen LogP) is 1.46. The second-order valence-corrected chi connectivity index (χ2v) is 8.45. The highest BCUT2D eigenvalue weighted by Crippen LogP contribution is 2.19. The summed E-state index contributed by atoms with van der Waals surface area (Å²) in [5.41, 5.74) is 5.62. The lowest BCUT2D eigenvalue weighted by molar-refractivity contribution is -0.123. The maximum absolute atomic E-state index is 12.6. The molecule has 0 unspecified atom stereocenters. The first-order valence-electron chi connectivity index (χ1n) is 9.70. The molecule has 2 N–H and O–H groups in total. The largest absolute Gasteiger partial charge is 0.483 e. The van der Waals surface area contributed by atoms with Crippen molar-refractivity contribution in [3.63, 3.8) is 0 Å². The zero-order chi connectivity index (χ0) is 22.3. The minimum atomic E-state index is -3.69. The summed E-state index contributed by atoms with van der Waals surface area (Å²) in [4.78, 5) is 24.4. The first-order chi connectivity index (χ1) is 14.2. The van der Waals surface area contributed by atoms with E-state index in [4.69, 9.17) is 4.74 Å². The van der Waals surface area contributed by atoms with Gasteiger partial charge in [-0.25, -0.2) is 8.42 Å². The van der Waals surface area contributed by atoms with E-state index < -0.39 is 21.8 Å². The minimum Gasteiger partial charge on any atom is -0.483 e. The molecular formula is C20H28N4O5S. The SMILES string of the molecule is CCc1ccccc1OCC(=O)NNC(=O)c1cc(S(=O)(=O)N(CC)CC)cn1C. The number of hydrogen-bond acceptors (Lipinski definition) is 5. The van der Waals surface area contributed by atoms with E-state index in [0.717, 1.165) is 12.0 Å². The Morgan fingerprint density at radius 2 is 1.77 bits per heavy atom. The van der Waals surface area contributed by atoms with Gasteiger partial charge in [0, 0.05) is 26.3 Å². The predicted molar refractivity (Wildman–Crippen MR) is 112 cm³/mol. The van der Waals surface area contributed by atoms with Crippen molar-refractivity contribution in [2.45, 2.75) is 32.1 Å². The molecule has 2 rings (SSSR count). The van der Waals surface area contributed by atoms with Crippen molar-refractivity contribution < 1.29 is 22.7 Å². The van der Waals surface area contributed by atoms with Crippen molar-refractivity contribution in [3.8, 4) is 5.75 Å². The summed E-state index contributed by atoms with van der Waals surface area (Å²) in [5.74, 6) is -0.574. The molecule has 30 heavy (non-hydrogen) atoms. The molecule has 0 radical (unpaired) electrons. The Morgan fingerprint density at radius 1 is 1.10 bits per heavy atom. The highest BCUT2D eigenvalue weighted by atomic mass is 32.2. The van der Waals surface area contributed by atoms with Crippen molar-refractivity contribution >= 4 is 21.8 Å². The topological polar surface area (TPSA) is 110 Å². The molecule has 0 saturated carbocycles. The second-order valence-electron chi connectivity index (χ2n) is 6.51. The Kier molecular flexibility index (Phi) is 8.01. The van der Waals surface area contributed by atoms with Crippen LogP contribution in [0, 0.1) is 0 Å². The molecule has 0 aliphatic rings. The summed E-state index contributed by atoms with van der Waals surface area (Å²) in [7, 11) is -2.13. The zero-order valence-electron chi connectivity index (χ0n) is 17.6. The minimum absolute atomic E-state index is 0.0182. The summed E-state index contributed by atoms with van der Waals surface area (Å²) in [6, 6.07) is 8.66. The zero-order valence-corrected chi connectivity index (χ0v) is 18.5. The van der Waals surface area contributed by atoms with E-state index >= 15 is 0 Å². The molecule has 0 atom stereocenters. The molecule has 9 nitrogen and oxygen atoms in total. The molecule has 1 aromatic heterocycles. The number of rotatable bonds is 9. The molecule has 1 heterocycles. The number of hydrazine groups is 1. The Hall–Kier alpha value is -2.85. The van der Waals surface area contributed by atoms with Crippen LogP contribution in [0.1, 0.15) is 36.8 Å². The first kappa shape index (κ1) is 23.4. The summed E-state index contributed by atoms with van der Waals surface area (Å²) >= 11 is 0. The van der Waals surface area contributed by atoms with Gasteiger partial charge in [0.05, 0.1) is 0 Å². The quantitative estimate of drug-likeness (QED) is 0.579. The van der Waals surface area contributed by atoms with Crippen LogP contribution in [0.2, 0.25) is 0 Å². The highest BCUT2D eigenvalue weighted by molar-refractivity contribution is 7.89. The fourth-order valence-electron chi connectivity index (χ4n) is 2.92. The normalized spacial score (nSPS) is 11.4. The summed E-state index contributed by atoms with van der Waals surface area (Å²) < 4.78 is 33.4. The van der Waals surface area contributed by atoms with E-state index in [1.807, 2.05) is 25.1 Å². The fraction of sp³-hybridized carbons (Fsp3) is 0.400. The summed E-state index contributed by atoms with van der Waals surface area (Å²) in [6.45, 7) is 5.85. The molecule has 0 aliphatic carbocycles. The first-order valence-corrected chi connectivity index (χ1v) is 11.1. The van der Waals surface area contributed by atoms with E-state index in [-0.39, 0.29) is 17.2 Å². The summed E-state index contributed by atoms with van der Waals surface area (Å²) in [6.07, 6.45) is 2.13. The van der Waals surface area contributed by atoms with Gasteiger partial charge in [-0.3, -0.25) is 20.4 Å². The van der Waals surface area contributed by atoms with Crippen LogP contribution in [-0.4, -0.2) is 48.8 Å². The highest BCUT2D eigenvalue weighted by Gasteiger charge is 2.25. The van der Waals surface area contributed by atoms with Gasteiger partial charge < -0.3 is 9.30 Å². The molecule has 2 aromatic rings. The number of nitrogens with zero attached hydrogens (tertiary/aromatic N) is 2. The number of amides is 2. The van der Waals surface area contributed by atoms with Gasteiger partial charge in [-0.05, 0) is 24.1 Å². The molecule has 0 aliphatic heterocycles. The smallest absolute Gasteiger partial charge is 0.286 e. The number of aryl methyl sites for hydroxylation is 2. The Bertz CT molecular complexity index is 996. The lowest BCUT2D eigenvalue weighted by Crippen LogP contribution is -2.44. The number of para-hydroxylation sites is 1. The average molecular weight is 437 g/mol. The number of carbonyl (C=O) groups is 2. The third-order valence-corrected chi connectivity index (χ3v) is 6.60. The van der Waals surface area contributed by atoms with Crippen LogP contribution in [-0.2, 0) is 28.3 Å². The molecule has 10 heteroatoms. The molecule has 0 saturated heterocycles. The monoisotopic (exact) mass is 436 g/mol. The molecular weight excluding hydrogens is 408 g/mol. The van der Waals surface area contributed by atoms with Crippen molar-refractivity contribution in [2.24, 2.45) is 7.05 Å². The van der Waals surface area contributed by atoms with Gasteiger partial charge in [0.2, 0.25) is 10.0 Å². The second kappa shape index (κ2) is 10.3. The van der Waals surface area contributed by atoms with E-state index in [1.165, 1.54) is 21.1 Å². The van der Waals surface area contributed by atoms with Crippen LogP contribution >= 0.6 is 0 Å². The number of aromatic nitrogens is 1. The van der Waals surface area contributed by atoms with Gasteiger partial charge in [-0.15, -0.1) is 0 Å². The Labute approximate surface area is 177 Å². The standard InChI is InChI=1S/C20H28N4O5S/c1-5-15-10-8-9-11-18(15)29-14-19(25)21-22-20(26)17-12-16(13-23(17)4)30(27,28)24(6-2)7-3/h8-13H,5-7,14H2,1-4H3,(H,21,25)(H,22,26). The number of nitrogens with one attached hydrogen (secondary N) is 2. The van der Waals surface area contributed by atoms with Gasteiger partial charge >= 0.3 is 0 Å². The lowest BCUT2D eigenvalue weighted by Gasteiger charge is -2.17. The van der Waals surface area contributed by atoms with E-state index in [9.17, 15) is 18.0 Å². The third-order valence-electron chi connectivity index (χ3n) is 4.58. The van der Waals surface area contributed by atoms with Crippen LogP contribution < -0.4 is 15.6 Å². The molecule has 0 spiro atoms. The van der Waals surface area contributed by atoms with Gasteiger partial charge in [0.25, 0.3) is 11.8 Å². The van der Waals surface area contributed by atoms with Gasteiger partial charge in [0.15, 0.2) is 6.61 Å². The van der Waals surface area contributed by atoms with Crippen LogP contribution in [0.3, 0.4) is 0 Å². The molecule has 0 bridgehead atoms. The van der Waals surface area contributed by atoms with Crippen LogP contribution in [0.25, 0.3) is 0 Å². The lowest BCUT2D eigenvalue weighted by atomic mass is 10.1. The molecule has 2 amide bonds. The molecule has 164 valence electrons. The molecule has 0 fully saturated rings. The van der Waals surface area contributed by atoms with Gasteiger partial charge in [0.1, 0.15) is 16.3 Å². The van der Waals surface area contributed by atoms with Crippen molar-refractivity contribution in [1.29, 1.82) is 0 Å². The number of ether oxygens (including phenoxy) is 1. The maximum Gasteiger partial charge on any atom is 0.286 e. The molecule has 1 aromatic carbocycles. The number of carbonyl (C=O) groups excluding carboxylic acids is 2. The Balaban J connectivity index is 1.98. The Morgan fingerprint density at radius 3 is 2.40 bits per heavy atom. The van der Waals surface area contributed by atoms with Crippen LogP contribution in [0.15, 0.2) is 41.4 Å². The summed E-state index contributed by atoms with van der Waals surface area (Å²) in [5, 5.41) is 0. The number of sulfonamides is 1. The van der Waals surface area contributed by atoms with E-state index in [1.54, 1.807) is 27.0 Å². The fourth-order valence-corrected chi connectivity index (χ4v) is 4.45. The third kappa shape index (κ3) is 5.39. The van der Waals surface area contributed by atoms with Gasteiger partial charge in [-0.2, -0.15) is 4.31 Å². The number of benzene rings is 1. The van der Waals surface area contributed by atoms with Crippen molar-refractivity contribution in [1.82, 2.24) is 19.7 Å². The van der Waals surface area contributed by atoms with Gasteiger partial charge in [-0.1, -0.05) is 39.0 Å². The van der Waals surface area contributed by atoms with Crippen molar-refractivity contribution in [3.05, 3.63) is 47.8 Å². The number of hydrogen-bond donors (Lipinski definition) is 2. The average Bonchev–Trinajstić information content (AvgIpc) is 3.14.